The minimum Gasteiger partial charge on any atom is -0.271 e. The lowest BCUT2D eigenvalue weighted by atomic mass is 9.94. The molecule has 0 radical (unpaired) electrons. The lowest BCUT2D eigenvalue weighted by molar-refractivity contribution is -0.393. The Morgan fingerprint density at radius 2 is 1.68 bits per heavy atom. The molecule has 0 unspecified atom stereocenters. The summed E-state index contributed by atoms with van der Waals surface area (Å²) in [5.41, 5.74) is 8.49. The van der Waals surface area contributed by atoms with Gasteiger partial charge in [-0.3, -0.25) is 25.7 Å². The Balaban J connectivity index is 2.27. The highest BCUT2D eigenvalue weighted by molar-refractivity contribution is 5.97. The van der Waals surface area contributed by atoms with E-state index in [1.807, 2.05) is 19.1 Å². The molecule has 1 N–H and O–H groups in total. The van der Waals surface area contributed by atoms with Gasteiger partial charge >= 0.3 is 5.69 Å². The normalized spacial score (nSPS) is 11.7. The molecule has 0 bridgehead atoms. The molecule has 0 spiro atoms. The van der Waals surface area contributed by atoms with Crippen molar-refractivity contribution in [2.24, 2.45) is 5.10 Å². The highest BCUT2D eigenvalue weighted by Crippen LogP contribution is 2.29. The molecule has 8 heteroatoms. The molecule has 28 heavy (non-hydrogen) atoms. The van der Waals surface area contributed by atoms with Gasteiger partial charge in [-0.25, -0.2) is 0 Å². The van der Waals surface area contributed by atoms with E-state index in [9.17, 15) is 20.2 Å². The molecule has 146 valence electrons. The SMILES string of the molecule is CC(/C=C/c1c(C)cc(C)c(C)c1C)=N\Nc1ccc([N+](=O)[O-])cc1[N+](=O)[O-]. The van der Waals surface area contributed by atoms with Gasteiger partial charge in [0.05, 0.1) is 21.6 Å². The summed E-state index contributed by atoms with van der Waals surface area (Å²) in [5, 5.41) is 26.1. The first-order valence-electron chi connectivity index (χ1n) is 8.60. The van der Waals surface area contributed by atoms with E-state index >= 15 is 0 Å². The van der Waals surface area contributed by atoms with E-state index in [4.69, 9.17) is 0 Å². The van der Waals surface area contributed by atoms with E-state index in [1.54, 1.807) is 6.92 Å². The monoisotopic (exact) mass is 382 g/mol. The number of nitrogens with one attached hydrogen (secondary N) is 1. The summed E-state index contributed by atoms with van der Waals surface area (Å²) in [7, 11) is 0. The van der Waals surface area contributed by atoms with Gasteiger partial charge in [-0.1, -0.05) is 12.1 Å². The predicted octanol–water partition coefficient (Wildman–Crippen LogP) is 5.24. The number of hydrogen-bond acceptors (Lipinski definition) is 6. The number of anilines is 1. The highest BCUT2D eigenvalue weighted by Gasteiger charge is 2.19. The lowest BCUT2D eigenvalue weighted by Gasteiger charge is -2.12. The molecule has 0 amide bonds. The van der Waals surface area contributed by atoms with Crippen LogP contribution in [0.1, 0.15) is 34.7 Å². The van der Waals surface area contributed by atoms with Crippen molar-refractivity contribution < 1.29 is 9.85 Å². The van der Waals surface area contributed by atoms with Crippen molar-refractivity contribution in [2.75, 3.05) is 5.43 Å². The zero-order chi connectivity index (χ0) is 21.0. The van der Waals surface area contributed by atoms with Crippen LogP contribution < -0.4 is 5.43 Å². The van der Waals surface area contributed by atoms with Crippen LogP contribution in [0.15, 0.2) is 35.4 Å². The minimum atomic E-state index is -0.683. The molecular weight excluding hydrogens is 360 g/mol. The Bertz CT molecular complexity index is 1010. The molecule has 0 aromatic heterocycles. The quantitative estimate of drug-likeness (QED) is 0.417. The molecule has 0 aliphatic carbocycles. The zero-order valence-electron chi connectivity index (χ0n) is 16.4. The van der Waals surface area contributed by atoms with Gasteiger partial charge in [-0.15, -0.1) is 0 Å². The molecular formula is C20H22N4O4. The van der Waals surface area contributed by atoms with E-state index in [-0.39, 0.29) is 11.4 Å². The third-order valence-electron chi connectivity index (χ3n) is 4.65. The van der Waals surface area contributed by atoms with E-state index < -0.39 is 15.5 Å². The maximum atomic E-state index is 11.2. The van der Waals surface area contributed by atoms with Crippen LogP contribution in [0.2, 0.25) is 0 Å². The first-order chi connectivity index (χ1) is 13.1. The topological polar surface area (TPSA) is 111 Å². The average Bonchev–Trinajstić information content (AvgIpc) is 2.64. The van der Waals surface area contributed by atoms with Crippen LogP contribution >= 0.6 is 0 Å². The summed E-state index contributed by atoms with van der Waals surface area (Å²) in [6.45, 7) is 10.0. The van der Waals surface area contributed by atoms with Crippen molar-refractivity contribution in [2.45, 2.75) is 34.6 Å². The summed E-state index contributed by atoms with van der Waals surface area (Å²) in [4.78, 5) is 20.6. The van der Waals surface area contributed by atoms with Crippen LogP contribution in [0.3, 0.4) is 0 Å². The van der Waals surface area contributed by atoms with Gasteiger partial charge in [0.2, 0.25) is 0 Å². The average molecular weight is 382 g/mol. The van der Waals surface area contributed by atoms with Crippen LogP contribution in [0.4, 0.5) is 17.1 Å². The Morgan fingerprint density at radius 3 is 2.29 bits per heavy atom. The van der Waals surface area contributed by atoms with E-state index in [2.05, 4.69) is 37.4 Å². The van der Waals surface area contributed by atoms with Gasteiger partial charge in [0.1, 0.15) is 5.69 Å². The third kappa shape index (κ3) is 4.59. The van der Waals surface area contributed by atoms with Crippen molar-refractivity contribution in [3.05, 3.63) is 78.4 Å². The molecule has 2 aromatic carbocycles. The summed E-state index contributed by atoms with van der Waals surface area (Å²) in [6, 6.07) is 5.50. The number of benzene rings is 2. The van der Waals surface area contributed by atoms with Gasteiger partial charge in [-0.05, 0) is 74.6 Å². The number of nitro benzene ring substituents is 2. The number of aryl methyl sites for hydroxylation is 2. The summed E-state index contributed by atoms with van der Waals surface area (Å²) >= 11 is 0. The molecule has 2 rings (SSSR count). The van der Waals surface area contributed by atoms with Crippen LogP contribution in [-0.2, 0) is 0 Å². The lowest BCUT2D eigenvalue weighted by Crippen LogP contribution is -2.00. The van der Waals surface area contributed by atoms with Gasteiger partial charge in [0.25, 0.3) is 5.69 Å². The molecule has 2 aromatic rings. The number of nitro groups is 2. The number of hydrazone groups is 1. The van der Waals surface area contributed by atoms with Crippen LogP contribution in [-0.4, -0.2) is 15.6 Å². The van der Waals surface area contributed by atoms with Crippen molar-refractivity contribution in [3.8, 4) is 0 Å². The molecule has 0 aliphatic rings. The number of non-ortho nitro benzene ring substituents is 1. The maximum Gasteiger partial charge on any atom is 0.301 e. The first-order valence-corrected chi connectivity index (χ1v) is 8.60. The van der Waals surface area contributed by atoms with Crippen molar-refractivity contribution in [1.29, 1.82) is 0 Å². The Morgan fingerprint density at radius 1 is 1.00 bits per heavy atom. The molecule has 0 saturated heterocycles. The van der Waals surface area contributed by atoms with Crippen molar-refractivity contribution >= 4 is 28.8 Å². The van der Waals surface area contributed by atoms with Gasteiger partial charge < -0.3 is 0 Å². The Kier molecular flexibility index (Phi) is 6.25. The van der Waals surface area contributed by atoms with E-state index in [0.29, 0.717) is 5.71 Å². The summed E-state index contributed by atoms with van der Waals surface area (Å²) in [6.07, 6.45) is 3.77. The standard InChI is InChI=1S/C20H22N4O4/c1-12-10-13(2)18(16(5)15(12)4)8-6-14(3)21-22-19-9-7-17(23(25)26)11-20(19)24(27)28/h6-11,22H,1-5H3/b8-6+,21-14+. The maximum absolute atomic E-state index is 11.2. The number of nitrogens with zero attached hydrogens (tertiary/aromatic N) is 3. The molecule has 8 nitrogen and oxygen atoms in total. The molecule has 0 fully saturated rings. The Hall–Kier alpha value is -3.55. The first kappa shape index (κ1) is 20.8. The molecule has 0 aliphatic heterocycles. The fourth-order valence-electron chi connectivity index (χ4n) is 2.83. The summed E-state index contributed by atoms with van der Waals surface area (Å²) < 4.78 is 0. The van der Waals surface area contributed by atoms with Crippen LogP contribution in [0.25, 0.3) is 6.08 Å². The van der Waals surface area contributed by atoms with Gasteiger partial charge in [0.15, 0.2) is 0 Å². The second-order valence-corrected chi connectivity index (χ2v) is 6.59. The Labute approximate surface area is 162 Å². The fourth-order valence-corrected chi connectivity index (χ4v) is 2.83. The fraction of sp³-hybridized carbons (Fsp3) is 0.250. The van der Waals surface area contributed by atoms with Crippen LogP contribution in [0.5, 0.6) is 0 Å². The van der Waals surface area contributed by atoms with E-state index in [1.165, 1.54) is 28.8 Å². The predicted molar refractivity (Wildman–Crippen MR) is 111 cm³/mol. The number of rotatable bonds is 6. The third-order valence-corrected chi connectivity index (χ3v) is 4.65. The minimum absolute atomic E-state index is 0.0851. The van der Waals surface area contributed by atoms with Crippen molar-refractivity contribution in [3.63, 3.8) is 0 Å². The molecule has 0 saturated carbocycles. The highest BCUT2D eigenvalue weighted by atomic mass is 16.6. The van der Waals surface area contributed by atoms with Crippen LogP contribution in [0, 0.1) is 47.9 Å². The van der Waals surface area contributed by atoms with Gasteiger partial charge in [-0.2, -0.15) is 5.10 Å². The second-order valence-electron chi connectivity index (χ2n) is 6.59. The zero-order valence-corrected chi connectivity index (χ0v) is 16.4. The summed E-state index contributed by atoms with van der Waals surface area (Å²) in [5.74, 6) is 0. The molecule has 0 atom stereocenters. The number of allylic oxidation sites excluding steroid dienone is 1. The van der Waals surface area contributed by atoms with Crippen molar-refractivity contribution in [1.82, 2.24) is 0 Å². The molecule has 0 heterocycles. The second kappa shape index (κ2) is 8.43. The number of hydrogen-bond donors (Lipinski definition) is 1. The largest absolute Gasteiger partial charge is 0.301 e. The van der Waals surface area contributed by atoms with Gasteiger partial charge in [0, 0.05) is 6.07 Å². The van der Waals surface area contributed by atoms with E-state index in [0.717, 1.165) is 17.2 Å². The smallest absolute Gasteiger partial charge is 0.271 e.